The average Bonchev–Trinajstić information content (AvgIpc) is 3.00. The Bertz CT molecular complexity index is 1140. The van der Waals surface area contributed by atoms with Gasteiger partial charge in [0, 0.05) is 43.3 Å². The maximum Gasteiger partial charge on any atom is 0.312 e. The van der Waals surface area contributed by atoms with Crippen LogP contribution < -0.4 is 0 Å². The van der Waals surface area contributed by atoms with E-state index in [1.165, 1.54) is 13.8 Å². The first-order valence-corrected chi connectivity index (χ1v) is 17.2. The lowest BCUT2D eigenvalue weighted by Gasteiger charge is -2.48. The molecule has 13 heteroatoms. The van der Waals surface area contributed by atoms with E-state index in [1.54, 1.807) is 48.7 Å². The number of aliphatic hydroxyl groups is 3. The number of aliphatic hydroxyl groups excluding tert-OH is 2. The lowest BCUT2D eigenvalue weighted by Crippen LogP contribution is -2.60. The molecule has 2 fully saturated rings. The summed E-state index contributed by atoms with van der Waals surface area (Å²) in [4.78, 5) is 28.3. The summed E-state index contributed by atoms with van der Waals surface area (Å²) in [6, 6.07) is -0.256. The van der Waals surface area contributed by atoms with E-state index in [1.807, 2.05) is 39.8 Å². The van der Waals surface area contributed by atoms with E-state index in [0.29, 0.717) is 17.8 Å². The van der Waals surface area contributed by atoms with Crippen molar-refractivity contribution in [3.63, 3.8) is 0 Å². The fourth-order valence-electron chi connectivity index (χ4n) is 7.33. The molecule has 0 bridgehead atoms. The van der Waals surface area contributed by atoms with Crippen molar-refractivity contribution < 1.29 is 48.6 Å². The third-order valence-electron chi connectivity index (χ3n) is 10.2. The Kier molecular flexibility index (Phi) is 15.2. The van der Waals surface area contributed by atoms with E-state index in [0.717, 1.165) is 0 Å². The van der Waals surface area contributed by atoms with Gasteiger partial charge in [0.1, 0.15) is 23.9 Å². The summed E-state index contributed by atoms with van der Waals surface area (Å²) in [5.41, 5.74) is -1.84. The van der Waals surface area contributed by atoms with Crippen LogP contribution in [0.25, 0.3) is 0 Å². The zero-order valence-electron chi connectivity index (χ0n) is 31.6. The molecule has 2 aliphatic heterocycles. The van der Waals surface area contributed by atoms with Gasteiger partial charge in [0.05, 0.1) is 29.8 Å². The van der Waals surface area contributed by atoms with E-state index in [9.17, 15) is 24.9 Å². The zero-order valence-corrected chi connectivity index (χ0v) is 31.6. The normalized spacial score (nSPS) is 43.0. The van der Waals surface area contributed by atoms with Gasteiger partial charge in [-0.2, -0.15) is 10.2 Å². The first-order valence-electron chi connectivity index (χ1n) is 17.2. The number of nitrogens with zero attached hydrogens (tertiary/aromatic N) is 3. The summed E-state index contributed by atoms with van der Waals surface area (Å²) in [6.45, 7) is 18.9. The molecule has 2 heterocycles. The molecule has 0 saturated carbocycles. The van der Waals surface area contributed by atoms with Gasteiger partial charge in [-0.1, -0.05) is 27.7 Å². The van der Waals surface area contributed by atoms with Gasteiger partial charge in [0.2, 0.25) is 0 Å². The van der Waals surface area contributed by atoms with Gasteiger partial charge in [-0.05, 0) is 80.8 Å². The number of hydrogen-bond acceptors (Lipinski definition) is 13. The number of ether oxygens (including phenoxy) is 5. The van der Waals surface area contributed by atoms with Crippen LogP contribution in [0.5, 0.6) is 0 Å². The number of esters is 2. The van der Waals surface area contributed by atoms with E-state index in [2.05, 4.69) is 10.2 Å². The summed E-state index contributed by atoms with van der Waals surface area (Å²) in [7, 11) is 5.31. The molecule has 0 aromatic carbocycles. The van der Waals surface area contributed by atoms with Crippen molar-refractivity contribution in [3.8, 4) is 0 Å². The molecule has 0 amide bonds. The van der Waals surface area contributed by atoms with Crippen LogP contribution in [0, 0.1) is 23.7 Å². The highest BCUT2D eigenvalue weighted by atomic mass is 16.7. The highest BCUT2D eigenvalue weighted by molar-refractivity contribution is 5.90. The van der Waals surface area contributed by atoms with Gasteiger partial charge in [-0.25, -0.2) is 0 Å². The van der Waals surface area contributed by atoms with Gasteiger partial charge in [0.25, 0.3) is 0 Å². The summed E-state index contributed by atoms with van der Waals surface area (Å²) in [5, 5.41) is 43.7. The van der Waals surface area contributed by atoms with Crippen LogP contribution in [0.2, 0.25) is 0 Å². The Morgan fingerprint density at radius 1 is 1.06 bits per heavy atom. The summed E-state index contributed by atoms with van der Waals surface area (Å²) >= 11 is 0. The van der Waals surface area contributed by atoms with E-state index < -0.39 is 83.6 Å². The molecule has 0 spiro atoms. The van der Waals surface area contributed by atoms with Crippen LogP contribution in [0.15, 0.2) is 10.2 Å². The van der Waals surface area contributed by atoms with Crippen molar-refractivity contribution in [2.24, 2.45) is 33.9 Å². The summed E-state index contributed by atoms with van der Waals surface area (Å²) in [6.07, 6.45) is -5.75. The highest BCUT2D eigenvalue weighted by Crippen LogP contribution is 2.40. The Morgan fingerprint density at radius 2 is 1.67 bits per heavy atom. The van der Waals surface area contributed by atoms with Crippen molar-refractivity contribution in [2.75, 3.05) is 21.2 Å². The minimum atomic E-state index is -1.87. The molecule has 48 heavy (non-hydrogen) atoms. The highest BCUT2D eigenvalue weighted by Gasteiger charge is 2.52. The summed E-state index contributed by atoms with van der Waals surface area (Å²) in [5.74, 6) is -4.16. The molecule has 14 unspecified atom stereocenters. The standard InChI is InChI=1S/C35H63N3O10/c1-15-26-35(11,43)30(41)21(6)27(37-36-18(2)3)19(4)17-34(10,44-14)31(22(7)29(46-24(9)39)23(8)32(42)47-26)48-33-28(40)25(38(12)13)16-20(5)45-33/h19-23,25-26,28-31,33,40-41,43H,15-17H2,1-14H3. The Balaban J connectivity index is 2.86. The van der Waals surface area contributed by atoms with Crippen LogP contribution in [0.1, 0.15) is 95.4 Å². The van der Waals surface area contributed by atoms with Gasteiger partial charge in [-0.15, -0.1) is 0 Å². The third-order valence-corrected chi connectivity index (χ3v) is 10.2. The van der Waals surface area contributed by atoms with Crippen LogP contribution in [-0.2, 0) is 33.3 Å². The second-order valence-electron chi connectivity index (χ2n) is 14.8. The Morgan fingerprint density at radius 3 is 2.17 bits per heavy atom. The minimum Gasteiger partial charge on any atom is -0.461 e. The number of rotatable bonds is 7. The maximum atomic E-state index is 13.8. The molecule has 14 atom stereocenters. The molecule has 278 valence electrons. The van der Waals surface area contributed by atoms with Crippen LogP contribution >= 0.6 is 0 Å². The number of methoxy groups -OCH3 is 1. The average molecular weight is 686 g/mol. The van der Waals surface area contributed by atoms with Crippen molar-refractivity contribution in [1.82, 2.24) is 4.90 Å². The van der Waals surface area contributed by atoms with Crippen LogP contribution in [0.4, 0.5) is 0 Å². The molecule has 0 aromatic rings. The summed E-state index contributed by atoms with van der Waals surface area (Å²) < 4.78 is 30.9. The van der Waals surface area contributed by atoms with Gasteiger partial charge >= 0.3 is 11.9 Å². The number of carbonyl (C=O) groups excluding carboxylic acids is 2. The minimum absolute atomic E-state index is 0.201. The smallest absolute Gasteiger partial charge is 0.312 e. The second kappa shape index (κ2) is 17.3. The fraction of sp³-hybridized carbons (Fsp3) is 0.886. The zero-order chi connectivity index (χ0) is 36.9. The van der Waals surface area contributed by atoms with E-state index >= 15 is 0 Å². The molecule has 13 nitrogen and oxygen atoms in total. The van der Waals surface area contributed by atoms with Crippen molar-refractivity contribution in [3.05, 3.63) is 0 Å². The largest absolute Gasteiger partial charge is 0.461 e. The lowest BCUT2D eigenvalue weighted by molar-refractivity contribution is -0.301. The number of carbonyl (C=O) groups is 2. The van der Waals surface area contributed by atoms with Gasteiger partial charge in [-0.3, -0.25) is 9.59 Å². The molecule has 2 rings (SSSR count). The molecule has 0 aromatic heterocycles. The molecule has 2 saturated heterocycles. The third kappa shape index (κ3) is 9.82. The Hall–Kier alpha value is -2.00. The lowest BCUT2D eigenvalue weighted by atomic mass is 9.73. The first kappa shape index (κ1) is 42.2. The second-order valence-corrected chi connectivity index (χ2v) is 14.8. The monoisotopic (exact) mass is 685 g/mol. The molecular weight excluding hydrogens is 622 g/mol. The topological polar surface area (TPSA) is 169 Å². The van der Waals surface area contributed by atoms with Crippen molar-refractivity contribution in [2.45, 2.75) is 156 Å². The number of likely N-dealkylation sites (N-methyl/N-ethyl adjacent to an activating group) is 1. The predicted octanol–water partition coefficient (Wildman–Crippen LogP) is 3.35. The van der Waals surface area contributed by atoms with Crippen molar-refractivity contribution in [1.29, 1.82) is 0 Å². The van der Waals surface area contributed by atoms with E-state index in [-0.39, 0.29) is 25.0 Å². The number of hydrogen-bond donors (Lipinski definition) is 3. The molecule has 2 aliphatic rings. The maximum absolute atomic E-state index is 13.8. The van der Waals surface area contributed by atoms with Gasteiger partial charge < -0.3 is 43.9 Å². The van der Waals surface area contributed by atoms with Crippen molar-refractivity contribution >= 4 is 23.4 Å². The van der Waals surface area contributed by atoms with Crippen LogP contribution in [0.3, 0.4) is 0 Å². The molecule has 0 radical (unpaired) electrons. The number of cyclic esters (lactones) is 1. The SMILES string of the molecule is CCC1OC(=O)C(C)C(OC(C)=O)C(C)C(OC2OC(C)CC(N(C)C)C2O)C(C)(OC)CC(C)C(=NN=C(C)C)C(C)C(O)C1(C)O. The van der Waals surface area contributed by atoms with Gasteiger partial charge in [0.15, 0.2) is 6.29 Å². The first-order chi connectivity index (χ1) is 22.1. The molecule has 0 aliphatic carbocycles. The van der Waals surface area contributed by atoms with Crippen LogP contribution in [-0.4, -0.2) is 125 Å². The fourth-order valence-corrected chi connectivity index (χ4v) is 7.33. The molecule has 3 N–H and O–H groups in total. The Labute approximate surface area is 287 Å². The molecular formula is C35H63N3O10. The quantitative estimate of drug-likeness (QED) is 0.204. The predicted molar refractivity (Wildman–Crippen MR) is 183 cm³/mol. The van der Waals surface area contributed by atoms with E-state index in [4.69, 9.17) is 23.7 Å².